The lowest BCUT2D eigenvalue weighted by Crippen LogP contribution is -2.18. The summed E-state index contributed by atoms with van der Waals surface area (Å²) in [6.45, 7) is 6.66. The molecular formula is C12H24Br12O4Si. The van der Waals surface area contributed by atoms with E-state index in [1.165, 1.54) is 0 Å². The number of alkyl halides is 12. The summed E-state index contributed by atoms with van der Waals surface area (Å²) in [5, 5.41) is 35.0. The molecule has 4 nitrogen and oxygen atoms in total. The van der Waals surface area contributed by atoms with Crippen LogP contribution in [0.25, 0.3) is 0 Å². The van der Waals surface area contributed by atoms with Crippen molar-refractivity contribution in [3.63, 3.8) is 0 Å². The second-order valence-electron chi connectivity index (χ2n) is 4.87. The lowest BCUT2D eigenvalue weighted by atomic mass is 10.5. The maximum atomic E-state index is 8.75. The molecular weight excluding hydrogens is 1200 g/mol. The van der Waals surface area contributed by atoms with Gasteiger partial charge in [-0.05, 0) is 38.7 Å². The third-order valence-corrected chi connectivity index (χ3v) is 9.85. The molecule has 0 bridgehead atoms. The van der Waals surface area contributed by atoms with Gasteiger partial charge < -0.3 is 20.4 Å². The first-order valence-electron chi connectivity index (χ1n) is 6.76. The largest absolute Gasteiger partial charge is 0.390 e. The molecule has 4 atom stereocenters. The van der Waals surface area contributed by atoms with E-state index in [9.17, 15) is 0 Å². The number of hydrogen-bond acceptors (Lipinski definition) is 4. The fourth-order valence-corrected chi connectivity index (χ4v) is 0. The minimum absolute atomic E-state index is 0. The van der Waals surface area contributed by atoms with Crippen LogP contribution < -0.4 is 0 Å². The van der Waals surface area contributed by atoms with Gasteiger partial charge in [0.2, 0.25) is 0 Å². The van der Waals surface area contributed by atoms with Crippen molar-refractivity contribution < 1.29 is 20.4 Å². The summed E-state index contributed by atoms with van der Waals surface area (Å²) in [4.78, 5) is 0. The van der Waals surface area contributed by atoms with Crippen LogP contribution in [0.4, 0.5) is 0 Å². The number of aliphatic hydroxyl groups is 4. The third kappa shape index (κ3) is 38.5. The Balaban J connectivity index is -0.0000000873. The Morgan fingerprint density at radius 3 is 0.414 bits per heavy atom. The van der Waals surface area contributed by atoms with Crippen molar-refractivity contribution in [1.29, 1.82) is 0 Å². The van der Waals surface area contributed by atoms with Gasteiger partial charge in [0.1, 0.15) is 0 Å². The SMILES string of the molecule is CC(O)C(Br)(Br)Br.CC(O)C(Br)(Br)Br.CC(O)C(Br)(Br)Br.CC(O)C(Br)(Br)Br.[SiH4]. The smallest absolute Gasteiger partial charge is 0.160 e. The quantitative estimate of drug-likeness (QED) is 0.151. The first kappa shape index (κ1) is 44.8. The second-order valence-corrected chi connectivity index (χ2v) is 32.7. The number of aliphatic hydroxyl groups excluding tert-OH is 4. The van der Waals surface area contributed by atoms with Crippen molar-refractivity contribution in [2.24, 2.45) is 0 Å². The maximum Gasteiger partial charge on any atom is 0.160 e. The van der Waals surface area contributed by atoms with Crippen LogP contribution in [0.1, 0.15) is 27.7 Å². The van der Waals surface area contributed by atoms with Gasteiger partial charge in [-0.1, -0.05) is 191 Å². The van der Waals surface area contributed by atoms with Gasteiger partial charge in [-0.2, -0.15) is 0 Å². The summed E-state index contributed by atoms with van der Waals surface area (Å²) in [6, 6.07) is 0. The number of hydrogen-bond donors (Lipinski definition) is 4. The maximum absolute atomic E-state index is 8.75. The predicted octanol–water partition coefficient (Wildman–Crippen LogP) is 7.37. The van der Waals surface area contributed by atoms with E-state index in [0.29, 0.717) is 0 Å². The van der Waals surface area contributed by atoms with Crippen molar-refractivity contribution >= 4 is 202 Å². The highest BCUT2D eigenvalue weighted by atomic mass is 80.0. The molecule has 29 heavy (non-hydrogen) atoms. The van der Waals surface area contributed by atoms with E-state index in [1.807, 2.05) is 0 Å². The highest BCUT2D eigenvalue weighted by Crippen LogP contribution is 2.38. The van der Waals surface area contributed by atoms with E-state index < -0.39 is 33.0 Å². The van der Waals surface area contributed by atoms with E-state index in [4.69, 9.17) is 20.4 Å². The predicted molar refractivity (Wildman–Crippen MR) is 176 cm³/mol. The zero-order chi connectivity index (χ0) is 24.3. The van der Waals surface area contributed by atoms with Crippen LogP contribution in [0, 0.1) is 0 Å². The van der Waals surface area contributed by atoms with Gasteiger partial charge in [0.15, 0.2) is 8.57 Å². The van der Waals surface area contributed by atoms with Gasteiger partial charge in [-0.3, -0.25) is 0 Å². The summed E-state index contributed by atoms with van der Waals surface area (Å²) in [5.41, 5.74) is 0. The fraction of sp³-hybridized carbons (Fsp3) is 1.00. The van der Waals surface area contributed by atoms with Crippen LogP contribution in [-0.4, -0.2) is 64.4 Å². The van der Waals surface area contributed by atoms with Crippen molar-refractivity contribution in [2.45, 2.75) is 60.7 Å². The lowest BCUT2D eigenvalue weighted by Gasteiger charge is -2.13. The minimum Gasteiger partial charge on any atom is -0.390 e. The zero-order valence-electron chi connectivity index (χ0n) is 14.6. The first-order valence-corrected chi connectivity index (χ1v) is 16.3. The summed E-state index contributed by atoms with van der Waals surface area (Å²) < 4.78 is -2.03. The molecule has 0 fully saturated rings. The topological polar surface area (TPSA) is 80.9 Å². The van der Waals surface area contributed by atoms with E-state index >= 15 is 0 Å². The number of halogens is 12. The molecule has 0 saturated heterocycles. The van der Waals surface area contributed by atoms with E-state index in [0.717, 1.165) is 0 Å². The average Bonchev–Trinajstić information content (AvgIpc) is 2.35. The standard InChI is InChI=1S/4C3H5Br3O.H4Si/c4*1-2(7)3(4,5)6;/h4*2,7H,1H3;1H4. The monoisotopic (exact) mass is 1210 g/mol. The molecule has 0 aliphatic heterocycles. The summed E-state index contributed by atoms with van der Waals surface area (Å²) in [6.07, 6.45) is -1.81. The number of rotatable bonds is 0. The molecule has 0 aliphatic rings. The van der Waals surface area contributed by atoms with Gasteiger partial charge in [-0.15, -0.1) is 0 Å². The van der Waals surface area contributed by atoms with E-state index in [1.54, 1.807) is 27.7 Å². The minimum atomic E-state index is -0.507. The van der Waals surface area contributed by atoms with Crippen LogP contribution >= 0.6 is 191 Å². The molecule has 4 N–H and O–H groups in total. The lowest BCUT2D eigenvalue weighted by molar-refractivity contribution is 0.209. The normalized spacial score (nSPS) is 16.1. The Morgan fingerprint density at radius 2 is 0.414 bits per heavy atom. The molecule has 0 aromatic rings. The van der Waals surface area contributed by atoms with Crippen molar-refractivity contribution in [3.8, 4) is 0 Å². The Labute approximate surface area is 278 Å². The van der Waals surface area contributed by atoms with E-state index in [2.05, 4.69) is 191 Å². The van der Waals surface area contributed by atoms with Crippen LogP contribution in [0.3, 0.4) is 0 Å². The molecule has 0 saturated carbocycles. The molecule has 184 valence electrons. The van der Waals surface area contributed by atoms with E-state index in [-0.39, 0.29) is 11.0 Å². The van der Waals surface area contributed by atoms with Crippen LogP contribution in [0.5, 0.6) is 0 Å². The van der Waals surface area contributed by atoms with Crippen LogP contribution in [-0.2, 0) is 0 Å². The van der Waals surface area contributed by atoms with Gasteiger partial charge in [0.25, 0.3) is 0 Å². The zero-order valence-corrected chi connectivity index (χ0v) is 33.7. The molecule has 0 rings (SSSR count). The van der Waals surface area contributed by atoms with Crippen LogP contribution in [0.2, 0.25) is 0 Å². The molecule has 0 spiro atoms. The Bertz CT molecular complexity index is 301. The molecule has 4 unspecified atom stereocenters. The average molecular weight is 1220 g/mol. The van der Waals surface area contributed by atoms with Gasteiger partial charge in [0.05, 0.1) is 24.4 Å². The fourth-order valence-electron chi connectivity index (χ4n) is 0. The Hall–Kier alpha value is 5.82. The molecule has 0 aromatic heterocycles. The molecule has 0 aromatic carbocycles. The Kier molecular flexibility index (Phi) is 32.2. The summed E-state index contributed by atoms with van der Waals surface area (Å²) in [7, 11) is 0. The molecule has 0 amide bonds. The van der Waals surface area contributed by atoms with Gasteiger partial charge >= 0.3 is 0 Å². The van der Waals surface area contributed by atoms with Gasteiger partial charge in [0, 0.05) is 0 Å². The van der Waals surface area contributed by atoms with Gasteiger partial charge in [-0.25, -0.2) is 0 Å². The Morgan fingerprint density at radius 1 is 0.379 bits per heavy atom. The molecule has 0 radical (unpaired) electrons. The highest BCUT2D eigenvalue weighted by Gasteiger charge is 2.25. The van der Waals surface area contributed by atoms with Crippen molar-refractivity contribution in [3.05, 3.63) is 0 Å². The molecule has 0 aliphatic carbocycles. The van der Waals surface area contributed by atoms with Crippen molar-refractivity contribution in [1.82, 2.24) is 0 Å². The third-order valence-electron chi connectivity index (χ3n) is 1.89. The summed E-state index contributed by atoms with van der Waals surface area (Å²) in [5.74, 6) is 0. The highest BCUT2D eigenvalue weighted by molar-refractivity contribution is 9.40. The molecule has 0 heterocycles. The molecule has 17 heteroatoms. The van der Waals surface area contributed by atoms with Crippen LogP contribution in [0.15, 0.2) is 0 Å². The first-order chi connectivity index (χ1) is 11.8. The summed E-state index contributed by atoms with van der Waals surface area (Å²) >= 11 is 37.5. The van der Waals surface area contributed by atoms with Crippen molar-refractivity contribution in [2.75, 3.05) is 0 Å². The second kappa shape index (κ2) is 20.8.